The van der Waals surface area contributed by atoms with E-state index in [4.69, 9.17) is 14.2 Å². The average Bonchev–Trinajstić information content (AvgIpc) is 3.17. The molecule has 1 unspecified atom stereocenters. The minimum absolute atomic E-state index is 0.0334. The number of hydrogen-bond acceptors (Lipinski definition) is 5. The van der Waals surface area contributed by atoms with Crippen molar-refractivity contribution in [1.82, 2.24) is 9.78 Å². The lowest BCUT2D eigenvalue weighted by Crippen LogP contribution is -2.20. The van der Waals surface area contributed by atoms with Gasteiger partial charge in [0, 0.05) is 17.9 Å². The molecule has 1 aliphatic rings. The Bertz CT molecular complexity index is 1010. The minimum atomic E-state index is -0.0334. The van der Waals surface area contributed by atoms with Gasteiger partial charge in [0.25, 0.3) is 0 Å². The molecule has 28 heavy (non-hydrogen) atoms. The van der Waals surface area contributed by atoms with E-state index in [0.717, 1.165) is 16.9 Å². The van der Waals surface area contributed by atoms with Gasteiger partial charge in [-0.15, -0.1) is 0 Å². The molecule has 6 heteroatoms. The molecule has 0 spiro atoms. The molecule has 0 radical (unpaired) electrons. The van der Waals surface area contributed by atoms with Gasteiger partial charge in [0.2, 0.25) is 5.75 Å². The monoisotopic (exact) mass is 378 g/mol. The van der Waals surface area contributed by atoms with Crippen LogP contribution in [-0.2, 0) is 6.42 Å². The van der Waals surface area contributed by atoms with Crippen LogP contribution in [0.2, 0.25) is 0 Å². The van der Waals surface area contributed by atoms with Gasteiger partial charge in [0.05, 0.1) is 44.5 Å². The number of para-hydroxylation sites is 1. The largest absolute Gasteiger partial charge is 0.493 e. The number of methoxy groups -OCH3 is 3. The van der Waals surface area contributed by atoms with E-state index >= 15 is 0 Å². The molecule has 0 saturated heterocycles. The van der Waals surface area contributed by atoms with E-state index in [2.05, 4.69) is 5.10 Å². The van der Waals surface area contributed by atoms with Crippen molar-refractivity contribution in [3.8, 4) is 22.9 Å². The van der Waals surface area contributed by atoms with Crippen LogP contribution in [0.15, 0.2) is 48.7 Å². The molecule has 6 nitrogen and oxygen atoms in total. The van der Waals surface area contributed by atoms with E-state index in [-0.39, 0.29) is 11.7 Å². The zero-order valence-corrected chi connectivity index (χ0v) is 16.1. The van der Waals surface area contributed by atoms with E-state index in [1.54, 1.807) is 27.5 Å². The van der Waals surface area contributed by atoms with Crippen LogP contribution in [0.3, 0.4) is 0 Å². The number of benzene rings is 2. The number of ketones is 1. The maximum atomic E-state index is 12.8. The lowest BCUT2D eigenvalue weighted by molar-refractivity contribution is 0.0963. The number of aromatic nitrogens is 2. The second-order valence-corrected chi connectivity index (χ2v) is 6.70. The Hall–Kier alpha value is -3.28. The van der Waals surface area contributed by atoms with Crippen molar-refractivity contribution >= 4 is 5.78 Å². The summed E-state index contributed by atoms with van der Waals surface area (Å²) in [5.41, 5.74) is 3.49. The van der Waals surface area contributed by atoms with Crippen molar-refractivity contribution in [2.24, 2.45) is 0 Å². The highest BCUT2D eigenvalue weighted by Gasteiger charge is 2.33. The zero-order valence-electron chi connectivity index (χ0n) is 16.1. The topological polar surface area (TPSA) is 62.6 Å². The van der Waals surface area contributed by atoms with Crippen molar-refractivity contribution in [2.45, 2.75) is 18.8 Å². The van der Waals surface area contributed by atoms with E-state index < -0.39 is 0 Å². The number of fused-ring (bicyclic) bond motifs is 1. The molecule has 144 valence electrons. The van der Waals surface area contributed by atoms with Crippen LogP contribution in [0.4, 0.5) is 0 Å². The third-order valence-corrected chi connectivity index (χ3v) is 5.22. The van der Waals surface area contributed by atoms with Gasteiger partial charge >= 0.3 is 0 Å². The number of carbonyl (C=O) groups excluding carboxylic acids is 1. The summed E-state index contributed by atoms with van der Waals surface area (Å²) in [5, 5.41) is 4.47. The van der Waals surface area contributed by atoms with Crippen LogP contribution in [-0.4, -0.2) is 36.9 Å². The van der Waals surface area contributed by atoms with E-state index in [1.807, 2.05) is 47.1 Å². The maximum absolute atomic E-state index is 12.8. The van der Waals surface area contributed by atoms with E-state index in [9.17, 15) is 4.79 Å². The fourth-order valence-corrected chi connectivity index (χ4v) is 3.90. The van der Waals surface area contributed by atoms with Crippen molar-refractivity contribution < 1.29 is 19.0 Å². The summed E-state index contributed by atoms with van der Waals surface area (Å²) in [7, 11) is 4.77. The second-order valence-electron chi connectivity index (χ2n) is 6.70. The predicted octanol–water partition coefficient (Wildman–Crippen LogP) is 3.81. The SMILES string of the molecule is COc1ccc(C2CC(=O)c3cnn(-c4ccccc4)c3C2)c(OC)c1OC. The predicted molar refractivity (Wildman–Crippen MR) is 105 cm³/mol. The van der Waals surface area contributed by atoms with Crippen LogP contribution in [0.5, 0.6) is 17.2 Å². The summed E-state index contributed by atoms with van der Waals surface area (Å²) < 4.78 is 18.4. The molecule has 1 heterocycles. The number of nitrogens with zero attached hydrogens (tertiary/aromatic N) is 2. The summed E-state index contributed by atoms with van der Waals surface area (Å²) in [6.45, 7) is 0. The molecular formula is C22H22N2O4. The second kappa shape index (κ2) is 7.38. The fourth-order valence-electron chi connectivity index (χ4n) is 3.90. The first-order valence-corrected chi connectivity index (χ1v) is 9.12. The highest BCUT2D eigenvalue weighted by Crippen LogP contribution is 2.45. The standard InChI is InChI=1S/C22H22N2O4/c1-26-20-10-9-16(21(27-2)22(20)28-3)14-11-18-17(19(25)12-14)13-23-24(18)15-7-5-4-6-8-15/h4-10,13-14H,11-12H2,1-3H3. The molecule has 3 aromatic rings. The van der Waals surface area contributed by atoms with Crippen LogP contribution in [0.25, 0.3) is 5.69 Å². The lowest BCUT2D eigenvalue weighted by atomic mass is 9.82. The molecule has 0 saturated carbocycles. The minimum Gasteiger partial charge on any atom is -0.493 e. The number of rotatable bonds is 5. The Labute approximate surface area is 163 Å². The molecule has 1 atom stereocenters. The lowest BCUT2D eigenvalue weighted by Gasteiger charge is -2.25. The smallest absolute Gasteiger partial charge is 0.203 e. The number of Topliss-reactive ketones (excluding diaryl/α,β-unsaturated/α-hetero) is 1. The first-order chi connectivity index (χ1) is 13.7. The summed E-state index contributed by atoms with van der Waals surface area (Å²) >= 11 is 0. The Kier molecular flexibility index (Phi) is 4.77. The number of ether oxygens (including phenoxy) is 3. The van der Waals surface area contributed by atoms with Crippen molar-refractivity contribution in [3.63, 3.8) is 0 Å². The van der Waals surface area contributed by atoms with Gasteiger partial charge in [-0.2, -0.15) is 5.10 Å². The van der Waals surface area contributed by atoms with E-state index in [1.165, 1.54) is 0 Å². The van der Waals surface area contributed by atoms with E-state index in [0.29, 0.717) is 35.7 Å². The molecule has 0 bridgehead atoms. The number of carbonyl (C=O) groups is 1. The molecule has 1 aliphatic carbocycles. The molecular weight excluding hydrogens is 356 g/mol. The van der Waals surface area contributed by atoms with Gasteiger partial charge < -0.3 is 14.2 Å². The third kappa shape index (κ3) is 2.91. The number of hydrogen-bond donors (Lipinski definition) is 0. The summed E-state index contributed by atoms with van der Waals surface area (Å²) in [5.74, 6) is 1.80. The average molecular weight is 378 g/mol. The van der Waals surface area contributed by atoms with Crippen molar-refractivity contribution in [2.75, 3.05) is 21.3 Å². The van der Waals surface area contributed by atoms with Gasteiger partial charge in [0.15, 0.2) is 17.3 Å². The highest BCUT2D eigenvalue weighted by molar-refractivity contribution is 5.98. The molecule has 4 rings (SSSR count). The summed E-state index contributed by atoms with van der Waals surface area (Å²) in [6, 6.07) is 13.7. The molecule has 2 aromatic carbocycles. The van der Waals surface area contributed by atoms with Gasteiger partial charge in [-0.25, -0.2) is 4.68 Å². The van der Waals surface area contributed by atoms with Crippen molar-refractivity contribution in [3.05, 3.63) is 65.5 Å². The Morgan fingerprint density at radius 2 is 1.68 bits per heavy atom. The van der Waals surface area contributed by atoms with Gasteiger partial charge in [-0.3, -0.25) is 4.79 Å². The fraction of sp³-hybridized carbons (Fsp3) is 0.273. The highest BCUT2D eigenvalue weighted by atomic mass is 16.5. The molecule has 0 amide bonds. The van der Waals surface area contributed by atoms with Crippen molar-refractivity contribution in [1.29, 1.82) is 0 Å². The normalized spacial score (nSPS) is 15.8. The first-order valence-electron chi connectivity index (χ1n) is 9.12. The van der Waals surface area contributed by atoms with Gasteiger partial charge in [-0.1, -0.05) is 24.3 Å². The quantitative estimate of drug-likeness (QED) is 0.676. The van der Waals surface area contributed by atoms with Crippen LogP contribution >= 0.6 is 0 Å². The van der Waals surface area contributed by atoms with Gasteiger partial charge in [0.1, 0.15) is 0 Å². The molecule has 0 N–H and O–H groups in total. The Morgan fingerprint density at radius 3 is 2.36 bits per heavy atom. The Balaban J connectivity index is 1.78. The third-order valence-electron chi connectivity index (χ3n) is 5.22. The van der Waals surface area contributed by atoms with Crippen LogP contribution in [0, 0.1) is 0 Å². The molecule has 0 aliphatic heterocycles. The molecule has 1 aromatic heterocycles. The molecule has 0 fully saturated rings. The van der Waals surface area contributed by atoms with Crippen LogP contribution in [0.1, 0.15) is 34.0 Å². The van der Waals surface area contributed by atoms with Crippen LogP contribution < -0.4 is 14.2 Å². The summed E-state index contributed by atoms with van der Waals surface area (Å²) in [4.78, 5) is 12.8. The zero-order chi connectivity index (χ0) is 19.7. The van der Waals surface area contributed by atoms with Gasteiger partial charge in [-0.05, 0) is 24.6 Å². The first kappa shape index (κ1) is 18.1. The summed E-state index contributed by atoms with van der Waals surface area (Å²) in [6.07, 6.45) is 2.76. The Morgan fingerprint density at radius 1 is 0.929 bits per heavy atom. The maximum Gasteiger partial charge on any atom is 0.203 e.